The van der Waals surface area contributed by atoms with Gasteiger partial charge >= 0.3 is 6.18 Å². The summed E-state index contributed by atoms with van der Waals surface area (Å²) in [7, 11) is 0. The van der Waals surface area contributed by atoms with Crippen LogP contribution in [0.15, 0.2) is 82.2 Å². The molecule has 0 spiro atoms. The summed E-state index contributed by atoms with van der Waals surface area (Å²) < 4.78 is 55.2. The lowest BCUT2D eigenvalue weighted by Gasteiger charge is -2.19. The molecule has 6 nitrogen and oxygen atoms in total. The second-order valence-corrected chi connectivity index (χ2v) is 9.38. The molecule has 0 aliphatic heterocycles. The van der Waals surface area contributed by atoms with Crippen LogP contribution in [0, 0.1) is 0 Å². The van der Waals surface area contributed by atoms with E-state index in [2.05, 4.69) is 26.1 Å². The predicted molar refractivity (Wildman–Crippen MR) is 133 cm³/mol. The van der Waals surface area contributed by atoms with Gasteiger partial charge in [0.15, 0.2) is 6.61 Å². The fourth-order valence-corrected chi connectivity index (χ4v) is 3.52. The number of anilines is 1. The first kappa shape index (κ1) is 25.8. The molecule has 192 valence electrons. The summed E-state index contributed by atoms with van der Waals surface area (Å²) in [6.45, 7) is 5.84. The number of hydrogen-bond donors (Lipinski definition) is 1. The van der Waals surface area contributed by atoms with Crippen molar-refractivity contribution < 1.29 is 31.9 Å². The lowest BCUT2D eigenvalue weighted by molar-refractivity contribution is -0.137. The molecule has 0 aliphatic rings. The Labute approximate surface area is 210 Å². The third-order valence-corrected chi connectivity index (χ3v) is 5.51. The van der Waals surface area contributed by atoms with E-state index in [0.717, 1.165) is 17.7 Å². The number of alkyl halides is 3. The zero-order chi connectivity index (χ0) is 26.8. The summed E-state index contributed by atoms with van der Waals surface area (Å²) in [5.74, 6) is 0.0971. The molecular formula is C28H24F3NO5. The van der Waals surface area contributed by atoms with Gasteiger partial charge in [-0.3, -0.25) is 9.59 Å². The zero-order valence-electron chi connectivity index (χ0n) is 20.3. The van der Waals surface area contributed by atoms with Crippen molar-refractivity contribution in [1.82, 2.24) is 0 Å². The molecule has 0 saturated carbocycles. The quantitative estimate of drug-likeness (QED) is 0.304. The van der Waals surface area contributed by atoms with Crippen molar-refractivity contribution in [1.29, 1.82) is 0 Å². The molecule has 37 heavy (non-hydrogen) atoms. The van der Waals surface area contributed by atoms with Gasteiger partial charge in [-0.15, -0.1) is 0 Å². The number of rotatable bonds is 6. The fraction of sp³-hybridized carbons (Fsp3) is 0.214. The molecule has 3 aromatic carbocycles. The van der Waals surface area contributed by atoms with E-state index in [9.17, 15) is 22.8 Å². The highest BCUT2D eigenvalue weighted by molar-refractivity contribution is 5.92. The number of fused-ring (bicyclic) bond motifs is 1. The van der Waals surface area contributed by atoms with Gasteiger partial charge in [0.2, 0.25) is 11.2 Å². The Balaban J connectivity index is 1.42. The number of carbonyl (C=O) groups excluding carboxylic acids is 1. The maximum Gasteiger partial charge on any atom is 0.416 e. The van der Waals surface area contributed by atoms with Gasteiger partial charge in [-0.25, -0.2) is 0 Å². The first-order valence-electron chi connectivity index (χ1n) is 11.3. The van der Waals surface area contributed by atoms with E-state index in [1.807, 2.05) is 12.1 Å². The molecule has 0 radical (unpaired) electrons. The van der Waals surface area contributed by atoms with E-state index in [0.29, 0.717) is 5.75 Å². The molecule has 0 bridgehead atoms. The average molecular weight is 511 g/mol. The number of nitrogens with one attached hydrogen (secondary N) is 1. The smallest absolute Gasteiger partial charge is 0.416 e. The lowest BCUT2D eigenvalue weighted by Crippen LogP contribution is -2.20. The maximum atomic E-state index is 12.9. The van der Waals surface area contributed by atoms with E-state index in [1.54, 1.807) is 12.1 Å². The summed E-state index contributed by atoms with van der Waals surface area (Å²) in [5.41, 5.74) is 0.0706. The third kappa shape index (κ3) is 6.30. The van der Waals surface area contributed by atoms with Crippen LogP contribution in [0.5, 0.6) is 17.2 Å². The topological polar surface area (TPSA) is 77.8 Å². The summed E-state index contributed by atoms with van der Waals surface area (Å²) in [4.78, 5) is 25.0. The molecule has 1 amide bonds. The Hall–Kier alpha value is -4.27. The largest absolute Gasteiger partial charge is 0.484 e. The number of carbonyl (C=O) groups is 1. The molecule has 1 heterocycles. The molecule has 4 rings (SSSR count). The van der Waals surface area contributed by atoms with Crippen LogP contribution < -0.4 is 20.2 Å². The number of halogens is 3. The summed E-state index contributed by atoms with van der Waals surface area (Å²) in [6.07, 6.45) is -3.32. The van der Waals surface area contributed by atoms with Crippen LogP contribution in [0.1, 0.15) is 31.9 Å². The van der Waals surface area contributed by atoms with Gasteiger partial charge in [0.1, 0.15) is 23.3 Å². The number of ether oxygens (including phenoxy) is 2. The van der Waals surface area contributed by atoms with Crippen LogP contribution in [-0.4, -0.2) is 12.5 Å². The van der Waals surface area contributed by atoms with Crippen LogP contribution in [0.25, 0.3) is 11.0 Å². The van der Waals surface area contributed by atoms with Crippen LogP contribution in [0.4, 0.5) is 18.9 Å². The summed E-state index contributed by atoms with van der Waals surface area (Å²) in [6, 6.07) is 16.1. The third-order valence-electron chi connectivity index (χ3n) is 5.51. The molecule has 0 unspecified atom stereocenters. The van der Waals surface area contributed by atoms with Gasteiger partial charge < -0.3 is 19.2 Å². The Bertz CT molecular complexity index is 1490. The average Bonchev–Trinajstić information content (AvgIpc) is 2.84. The Kier molecular flexibility index (Phi) is 6.98. The maximum absolute atomic E-state index is 12.9. The fourth-order valence-electron chi connectivity index (χ4n) is 3.52. The second kappa shape index (κ2) is 10.0. The molecule has 0 fully saturated rings. The van der Waals surface area contributed by atoms with Gasteiger partial charge in [0.05, 0.1) is 10.9 Å². The van der Waals surface area contributed by atoms with Crippen LogP contribution in [0.2, 0.25) is 0 Å². The van der Waals surface area contributed by atoms with Crippen molar-refractivity contribution in [3.63, 3.8) is 0 Å². The van der Waals surface area contributed by atoms with Crippen LogP contribution >= 0.6 is 0 Å². The molecule has 0 aliphatic carbocycles. The van der Waals surface area contributed by atoms with E-state index < -0.39 is 24.3 Å². The molecule has 1 aromatic heterocycles. The van der Waals surface area contributed by atoms with E-state index in [1.165, 1.54) is 36.6 Å². The van der Waals surface area contributed by atoms with Crippen molar-refractivity contribution in [2.75, 3.05) is 11.9 Å². The van der Waals surface area contributed by atoms with Crippen molar-refractivity contribution in [2.45, 2.75) is 32.4 Å². The normalized spacial score (nSPS) is 11.8. The van der Waals surface area contributed by atoms with Crippen LogP contribution in [0.3, 0.4) is 0 Å². The van der Waals surface area contributed by atoms with Crippen molar-refractivity contribution in [2.24, 2.45) is 0 Å². The number of benzene rings is 3. The molecule has 1 N–H and O–H groups in total. The lowest BCUT2D eigenvalue weighted by atomic mass is 9.87. The minimum atomic E-state index is -4.52. The number of hydrogen-bond acceptors (Lipinski definition) is 5. The molecular weight excluding hydrogens is 487 g/mol. The van der Waals surface area contributed by atoms with Gasteiger partial charge in [-0.1, -0.05) is 39.0 Å². The summed E-state index contributed by atoms with van der Waals surface area (Å²) in [5, 5.41) is 2.61. The first-order chi connectivity index (χ1) is 17.4. The van der Waals surface area contributed by atoms with E-state index in [-0.39, 0.29) is 39.0 Å². The minimum absolute atomic E-state index is 0.00601. The van der Waals surface area contributed by atoms with Crippen molar-refractivity contribution >= 4 is 22.6 Å². The van der Waals surface area contributed by atoms with Gasteiger partial charge in [-0.05, 0) is 53.4 Å². The SMILES string of the molecule is CC(C)(C)c1ccc(Oc2coc3cc(OCC(=O)Nc4cccc(C(F)(F)F)c4)ccc3c2=O)cc1. The standard InChI is InChI=1S/C28H24F3NO5/c1-27(2,3)17-7-9-20(10-8-17)37-24-15-36-23-14-21(11-12-22(23)26(24)34)35-16-25(33)32-19-6-4-5-18(13-19)28(29,30)31/h4-15H,16H2,1-3H3,(H,32,33). The number of amides is 1. The van der Waals surface area contributed by atoms with Crippen molar-refractivity contribution in [3.8, 4) is 17.2 Å². The second-order valence-electron chi connectivity index (χ2n) is 9.38. The van der Waals surface area contributed by atoms with Gasteiger partial charge in [0.25, 0.3) is 5.91 Å². The summed E-state index contributed by atoms with van der Waals surface area (Å²) >= 11 is 0. The van der Waals surface area contributed by atoms with E-state index >= 15 is 0 Å². The molecule has 0 atom stereocenters. The molecule has 4 aromatic rings. The predicted octanol–water partition coefficient (Wildman–Crippen LogP) is 6.92. The molecule has 0 saturated heterocycles. The van der Waals surface area contributed by atoms with Gasteiger partial charge in [0, 0.05) is 11.8 Å². The Morgan fingerprint density at radius 1 is 0.919 bits per heavy atom. The zero-order valence-corrected chi connectivity index (χ0v) is 20.3. The van der Waals surface area contributed by atoms with Gasteiger partial charge in [-0.2, -0.15) is 13.2 Å². The Morgan fingerprint density at radius 2 is 1.62 bits per heavy atom. The monoisotopic (exact) mass is 511 g/mol. The van der Waals surface area contributed by atoms with E-state index in [4.69, 9.17) is 13.9 Å². The van der Waals surface area contributed by atoms with Crippen LogP contribution in [-0.2, 0) is 16.4 Å². The minimum Gasteiger partial charge on any atom is -0.484 e. The highest BCUT2D eigenvalue weighted by atomic mass is 19.4. The highest BCUT2D eigenvalue weighted by Gasteiger charge is 2.30. The first-order valence-corrected chi connectivity index (χ1v) is 11.3. The highest BCUT2D eigenvalue weighted by Crippen LogP contribution is 2.31. The Morgan fingerprint density at radius 3 is 2.30 bits per heavy atom. The van der Waals surface area contributed by atoms with Crippen molar-refractivity contribution in [3.05, 3.63) is 94.3 Å². The molecule has 9 heteroatoms.